The number of hydrogen-bond donors (Lipinski definition) is 2. The minimum Gasteiger partial charge on any atom is -0.464 e. The maximum atomic E-state index is 14.2. The summed E-state index contributed by atoms with van der Waals surface area (Å²) in [5.41, 5.74) is 7.63. The zero-order valence-corrected chi connectivity index (χ0v) is 21.1. The summed E-state index contributed by atoms with van der Waals surface area (Å²) >= 11 is 6.29. The number of nitrogen functional groups attached to an aromatic ring is 1. The summed E-state index contributed by atoms with van der Waals surface area (Å²) in [4.78, 5) is 29.5. The molecule has 2 aromatic carbocycles. The van der Waals surface area contributed by atoms with Crippen LogP contribution in [0, 0.1) is 12.7 Å². The molecule has 1 aliphatic rings. The lowest BCUT2D eigenvalue weighted by molar-refractivity contribution is 0.0593. The molecule has 0 spiro atoms. The van der Waals surface area contributed by atoms with Crippen molar-refractivity contribution in [3.05, 3.63) is 58.1 Å². The van der Waals surface area contributed by atoms with Crippen LogP contribution < -0.4 is 16.0 Å². The molecule has 3 N–H and O–H groups in total. The van der Waals surface area contributed by atoms with Crippen molar-refractivity contribution < 1.29 is 18.7 Å². The minimum absolute atomic E-state index is 0.0101. The van der Waals surface area contributed by atoms with Gasteiger partial charge < -0.3 is 25.6 Å². The summed E-state index contributed by atoms with van der Waals surface area (Å²) < 4.78 is 20.3. The molecule has 0 radical (unpaired) electrons. The van der Waals surface area contributed by atoms with Crippen LogP contribution in [0.1, 0.15) is 33.3 Å². The third kappa shape index (κ3) is 4.84. The molecule has 0 aliphatic carbocycles. The summed E-state index contributed by atoms with van der Waals surface area (Å²) in [5.74, 6) is -1.81. The van der Waals surface area contributed by atoms with Crippen LogP contribution >= 0.6 is 11.6 Å². The average molecular weight is 516 g/mol. The number of benzene rings is 2. The fourth-order valence-corrected chi connectivity index (χ4v) is 4.27. The van der Waals surface area contributed by atoms with Gasteiger partial charge in [-0.2, -0.15) is 0 Å². The second-order valence-corrected chi connectivity index (χ2v) is 9.12. The van der Waals surface area contributed by atoms with Crippen molar-refractivity contribution in [1.29, 1.82) is 0 Å². The first-order chi connectivity index (χ1) is 17.1. The second-order valence-electron chi connectivity index (χ2n) is 8.74. The molecule has 1 saturated heterocycles. The average Bonchev–Trinajstić information content (AvgIpc) is 3.36. The van der Waals surface area contributed by atoms with Crippen LogP contribution in [0.15, 0.2) is 30.5 Å². The van der Waals surface area contributed by atoms with Gasteiger partial charge in [0, 0.05) is 31.2 Å². The van der Waals surface area contributed by atoms with E-state index in [1.165, 1.54) is 31.0 Å². The summed E-state index contributed by atoms with van der Waals surface area (Å²) in [5, 5.41) is 10.7. The van der Waals surface area contributed by atoms with E-state index in [4.69, 9.17) is 22.1 Å². The van der Waals surface area contributed by atoms with Crippen molar-refractivity contribution >= 4 is 40.5 Å². The maximum absolute atomic E-state index is 14.2. The Kier molecular flexibility index (Phi) is 7.14. The number of anilines is 3. The lowest BCUT2D eigenvalue weighted by Crippen LogP contribution is -2.50. The SMILES string of the molecule is COC(=O)c1cn(-c2ccc(N3CCN(C)[C@@H](C)C3)c(NC(=O)c3cc(N)c(F)c(C)c3Cl)c2)nn1. The topological polar surface area (TPSA) is 119 Å². The van der Waals surface area contributed by atoms with E-state index in [0.717, 1.165) is 25.3 Å². The number of rotatable bonds is 5. The zero-order chi connectivity index (χ0) is 26.1. The van der Waals surface area contributed by atoms with Gasteiger partial charge in [-0.15, -0.1) is 5.10 Å². The molecular formula is C24H27ClFN7O3. The Balaban J connectivity index is 1.74. The van der Waals surface area contributed by atoms with Gasteiger partial charge in [0.2, 0.25) is 0 Å². The monoisotopic (exact) mass is 515 g/mol. The van der Waals surface area contributed by atoms with Gasteiger partial charge in [0.15, 0.2) is 11.5 Å². The fourth-order valence-electron chi connectivity index (χ4n) is 4.05. The van der Waals surface area contributed by atoms with Crippen molar-refractivity contribution in [2.75, 3.05) is 49.7 Å². The Morgan fingerprint density at radius 1 is 1.28 bits per heavy atom. The molecule has 1 atom stereocenters. The summed E-state index contributed by atoms with van der Waals surface area (Å²) in [6, 6.07) is 6.93. The molecule has 190 valence electrons. The number of aromatic nitrogens is 3. The Hall–Kier alpha value is -3.70. The normalized spacial score (nSPS) is 16.2. The van der Waals surface area contributed by atoms with E-state index >= 15 is 0 Å². The lowest BCUT2D eigenvalue weighted by Gasteiger charge is -2.39. The number of piperazine rings is 1. The fraction of sp³-hybridized carbons (Fsp3) is 0.333. The van der Waals surface area contributed by atoms with E-state index in [1.807, 2.05) is 12.1 Å². The summed E-state index contributed by atoms with van der Waals surface area (Å²) in [7, 11) is 3.33. The highest BCUT2D eigenvalue weighted by Gasteiger charge is 2.25. The first kappa shape index (κ1) is 25.4. The van der Waals surface area contributed by atoms with Crippen LogP contribution in [0.25, 0.3) is 5.69 Å². The molecule has 4 rings (SSSR count). The van der Waals surface area contributed by atoms with E-state index in [1.54, 1.807) is 6.07 Å². The van der Waals surface area contributed by atoms with Gasteiger partial charge in [-0.1, -0.05) is 16.8 Å². The molecule has 10 nitrogen and oxygen atoms in total. The number of nitrogens with one attached hydrogen (secondary N) is 1. The number of ether oxygens (including phenoxy) is 1. The number of carbonyl (C=O) groups excluding carboxylic acids is 2. The van der Waals surface area contributed by atoms with Gasteiger partial charge in [-0.3, -0.25) is 4.79 Å². The molecule has 2 heterocycles. The van der Waals surface area contributed by atoms with Crippen molar-refractivity contribution in [3.8, 4) is 5.69 Å². The van der Waals surface area contributed by atoms with Crippen LogP contribution in [-0.2, 0) is 4.74 Å². The van der Waals surface area contributed by atoms with Crippen molar-refractivity contribution in [1.82, 2.24) is 19.9 Å². The largest absolute Gasteiger partial charge is 0.464 e. The minimum atomic E-state index is -0.654. The Morgan fingerprint density at radius 2 is 2.03 bits per heavy atom. The summed E-state index contributed by atoms with van der Waals surface area (Å²) in [6.45, 7) is 5.94. The van der Waals surface area contributed by atoms with E-state index < -0.39 is 17.7 Å². The highest BCUT2D eigenvalue weighted by atomic mass is 35.5. The van der Waals surface area contributed by atoms with E-state index in [0.29, 0.717) is 17.4 Å². The Labute approximate surface area is 212 Å². The van der Waals surface area contributed by atoms with E-state index in [2.05, 4.69) is 39.4 Å². The summed E-state index contributed by atoms with van der Waals surface area (Å²) in [6.07, 6.45) is 1.44. The van der Waals surface area contributed by atoms with Crippen LogP contribution in [0.4, 0.5) is 21.5 Å². The molecular weight excluding hydrogens is 489 g/mol. The third-order valence-electron chi connectivity index (χ3n) is 6.37. The zero-order valence-electron chi connectivity index (χ0n) is 20.4. The molecule has 3 aromatic rings. The van der Waals surface area contributed by atoms with Crippen LogP contribution in [-0.4, -0.2) is 71.6 Å². The molecule has 1 fully saturated rings. The van der Waals surface area contributed by atoms with Gasteiger partial charge in [-0.05, 0) is 45.2 Å². The lowest BCUT2D eigenvalue weighted by atomic mass is 10.1. The first-order valence-electron chi connectivity index (χ1n) is 11.3. The number of carbonyl (C=O) groups is 2. The third-order valence-corrected chi connectivity index (χ3v) is 6.86. The number of amides is 1. The predicted molar refractivity (Wildman–Crippen MR) is 136 cm³/mol. The quantitative estimate of drug-likeness (QED) is 0.393. The molecule has 12 heteroatoms. The van der Waals surface area contributed by atoms with Crippen molar-refractivity contribution in [3.63, 3.8) is 0 Å². The molecule has 1 amide bonds. The van der Waals surface area contributed by atoms with Gasteiger partial charge in [0.1, 0.15) is 0 Å². The molecule has 0 bridgehead atoms. The highest BCUT2D eigenvalue weighted by Crippen LogP contribution is 2.33. The number of methoxy groups -OCH3 is 1. The smallest absolute Gasteiger partial charge is 0.360 e. The number of nitrogens with two attached hydrogens (primary N) is 1. The maximum Gasteiger partial charge on any atom is 0.360 e. The number of likely N-dealkylation sites (N-methyl/N-ethyl adjacent to an activating group) is 1. The van der Waals surface area contributed by atoms with Crippen LogP contribution in [0.5, 0.6) is 0 Å². The van der Waals surface area contributed by atoms with Crippen LogP contribution in [0.3, 0.4) is 0 Å². The van der Waals surface area contributed by atoms with Crippen molar-refractivity contribution in [2.45, 2.75) is 19.9 Å². The molecule has 0 unspecified atom stereocenters. The van der Waals surface area contributed by atoms with E-state index in [-0.39, 0.29) is 27.5 Å². The standard InChI is InChI=1S/C24H27ClFN7O3/c1-13-11-32(8-7-31(13)3)20-6-5-15(33-12-19(29-30-33)24(35)36-4)9-18(20)28-23(34)16-10-17(27)22(26)14(2)21(16)25/h5-6,9-10,12-13H,7-8,11,27H2,1-4H3,(H,28,34)/t13-/m0/s1. The first-order valence-corrected chi connectivity index (χ1v) is 11.6. The van der Waals surface area contributed by atoms with Gasteiger partial charge in [-0.25, -0.2) is 13.9 Å². The van der Waals surface area contributed by atoms with Crippen LogP contribution in [0.2, 0.25) is 5.02 Å². The molecule has 1 aromatic heterocycles. The van der Waals surface area contributed by atoms with Gasteiger partial charge in [0.25, 0.3) is 5.91 Å². The molecule has 0 saturated carbocycles. The number of halogens is 2. The van der Waals surface area contributed by atoms with E-state index in [9.17, 15) is 14.0 Å². The second kappa shape index (κ2) is 10.1. The van der Waals surface area contributed by atoms with Gasteiger partial charge >= 0.3 is 5.97 Å². The Bertz CT molecular complexity index is 1330. The number of hydrogen-bond acceptors (Lipinski definition) is 8. The predicted octanol–water partition coefficient (Wildman–Crippen LogP) is 3.13. The Morgan fingerprint density at radius 3 is 2.72 bits per heavy atom. The highest BCUT2D eigenvalue weighted by molar-refractivity contribution is 6.35. The number of esters is 1. The number of nitrogens with zero attached hydrogens (tertiary/aromatic N) is 5. The van der Waals surface area contributed by atoms with Gasteiger partial charge in [0.05, 0.1) is 46.6 Å². The molecule has 36 heavy (non-hydrogen) atoms. The molecule has 1 aliphatic heterocycles. The van der Waals surface area contributed by atoms with Crippen molar-refractivity contribution in [2.24, 2.45) is 0 Å².